The molecule has 168 valence electrons. The molecule has 0 aliphatic carbocycles. The Balaban J connectivity index is 1.58. The molecule has 0 aromatic heterocycles. The van der Waals surface area contributed by atoms with Crippen LogP contribution in [0.3, 0.4) is 0 Å². The van der Waals surface area contributed by atoms with Crippen molar-refractivity contribution in [3.8, 4) is 5.75 Å². The van der Waals surface area contributed by atoms with E-state index in [9.17, 15) is 13.2 Å². The number of anilines is 1. The predicted octanol–water partition coefficient (Wildman–Crippen LogP) is 2.91. The van der Waals surface area contributed by atoms with Gasteiger partial charge in [0.05, 0.1) is 17.8 Å². The summed E-state index contributed by atoms with van der Waals surface area (Å²) >= 11 is 0. The zero-order valence-corrected chi connectivity index (χ0v) is 19.1. The van der Waals surface area contributed by atoms with Crippen LogP contribution in [0.4, 0.5) is 5.69 Å². The summed E-state index contributed by atoms with van der Waals surface area (Å²) in [6.07, 6.45) is 2.80. The highest BCUT2D eigenvalue weighted by molar-refractivity contribution is 7.89. The van der Waals surface area contributed by atoms with Crippen molar-refractivity contribution in [3.63, 3.8) is 0 Å². The SMILES string of the molecule is COCCCOc1ccc(N2CCC3(CCN(S(=O)(=O)CC(C)C)CC3)C2=O)cc1. The van der Waals surface area contributed by atoms with Crippen molar-refractivity contribution in [2.75, 3.05) is 50.6 Å². The van der Waals surface area contributed by atoms with E-state index >= 15 is 0 Å². The first-order valence-corrected chi connectivity index (χ1v) is 12.4. The van der Waals surface area contributed by atoms with Gasteiger partial charge < -0.3 is 14.4 Å². The summed E-state index contributed by atoms with van der Waals surface area (Å²) in [6, 6.07) is 7.62. The zero-order chi connectivity index (χ0) is 21.8. The summed E-state index contributed by atoms with van der Waals surface area (Å²) in [7, 11) is -1.57. The Hall–Kier alpha value is -1.64. The van der Waals surface area contributed by atoms with Gasteiger partial charge in [-0.2, -0.15) is 0 Å². The van der Waals surface area contributed by atoms with E-state index < -0.39 is 15.4 Å². The Bertz CT molecular complexity index is 814. The number of carbonyl (C=O) groups excluding carboxylic acids is 1. The molecule has 30 heavy (non-hydrogen) atoms. The van der Waals surface area contributed by atoms with E-state index in [0.717, 1.165) is 24.3 Å². The van der Waals surface area contributed by atoms with Gasteiger partial charge in [0, 0.05) is 45.5 Å². The third-order valence-electron chi connectivity index (χ3n) is 6.04. The monoisotopic (exact) mass is 438 g/mol. The van der Waals surface area contributed by atoms with Gasteiger partial charge in [-0.15, -0.1) is 0 Å². The van der Waals surface area contributed by atoms with Crippen LogP contribution in [0.1, 0.15) is 39.5 Å². The van der Waals surface area contributed by atoms with Crippen LogP contribution >= 0.6 is 0 Å². The van der Waals surface area contributed by atoms with Crippen molar-refractivity contribution in [3.05, 3.63) is 24.3 Å². The van der Waals surface area contributed by atoms with Gasteiger partial charge in [0.2, 0.25) is 15.9 Å². The van der Waals surface area contributed by atoms with Gasteiger partial charge >= 0.3 is 0 Å². The first-order valence-electron chi connectivity index (χ1n) is 10.8. The number of methoxy groups -OCH3 is 1. The number of rotatable bonds is 9. The van der Waals surface area contributed by atoms with Crippen LogP contribution < -0.4 is 9.64 Å². The van der Waals surface area contributed by atoms with Crippen molar-refractivity contribution in [1.29, 1.82) is 0 Å². The van der Waals surface area contributed by atoms with Gasteiger partial charge in [-0.05, 0) is 49.4 Å². The predicted molar refractivity (Wildman–Crippen MR) is 117 cm³/mol. The van der Waals surface area contributed by atoms with Crippen LogP contribution in [0.5, 0.6) is 5.75 Å². The molecule has 7 nitrogen and oxygen atoms in total. The number of hydrogen-bond acceptors (Lipinski definition) is 5. The van der Waals surface area contributed by atoms with Crippen molar-refractivity contribution < 1.29 is 22.7 Å². The molecule has 1 spiro atoms. The summed E-state index contributed by atoms with van der Waals surface area (Å²) < 4.78 is 37.3. The third-order valence-corrected chi connectivity index (χ3v) is 8.28. The van der Waals surface area contributed by atoms with E-state index in [1.165, 1.54) is 0 Å². The molecule has 1 amide bonds. The topological polar surface area (TPSA) is 76.2 Å². The molecule has 2 heterocycles. The molecule has 8 heteroatoms. The fourth-order valence-electron chi connectivity index (χ4n) is 4.37. The lowest BCUT2D eigenvalue weighted by Crippen LogP contribution is -2.47. The van der Waals surface area contributed by atoms with Crippen LogP contribution in [-0.2, 0) is 19.6 Å². The lowest BCUT2D eigenvalue weighted by atomic mass is 9.77. The molecule has 0 N–H and O–H groups in total. The molecule has 0 saturated carbocycles. The number of sulfonamides is 1. The van der Waals surface area contributed by atoms with Crippen LogP contribution in [0.25, 0.3) is 0 Å². The smallest absolute Gasteiger partial charge is 0.233 e. The van der Waals surface area contributed by atoms with Crippen molar-refractivity contribution in [2.24, 2.45) is 11.3 Å². The Morgan fingerprint density at radius 3 is 2.27 bits per heavy atom. The number of benzene rings is 1. The number of hydrogen-bond donors (Lipinski definition) is 0. The van der Waals surface area contributed by atoms with Crippen LogP contribution in [0, 0.1) is 11.3 Å². The molecule has 2 aliphatic rings. The van der Waals surface area contributed by atoms with E-state index in [-0.39, 0.29) is 17.6 Å². The molecule has 2 fully saturated rings. The summed E-state index contributed by atoms with van der Waals surface area (Å²) in [5.74, 6) is 1.17. The first kappa shape index (κ1) is 23.0. The second kappa shape index (κ2) is 9.66. The van der Waals surface area contributed by atoms with E-state index in [2.05, 4.69) is 0 Å². The molecule has 0 bridgehead atoms. The summed E-state index contributed by atoms with van der Waals surface area (Å²) in [5, 5.41) is 0. The number of nitrogens with zero attached hydrogens (tertiary/aromatic N) is 2. The summed E-state index contributed by atoms with van der Waals surface area (Å²) in [6.45, 7) is 6.62. The minimum absolute atomic E-state index is 0.0985. The quantitative estimate of drug-likeness (QED) is 0.554. The number of piperidine rings is 1. The van der Waals surface area contributed by atoms with Gasteiger partial charge in [-0.3, -0.25) is 4.79 Å². The van der Waals surface area contributed by atoms with Crippen molar-refractivity contribution in [1.82, 2.24) is 4.31 Å². The van der Waals surface area contributed by atoms with Gasteiger partial charge in [-0.1, -0.05) is 13.8 Å². The minimum atomic E-state index is -3.24. The zero-order valence-electron chi connectivity index (χ0n) is 18.3. The van der Waals surface area contributed by atoms with Gasteiger partial charge in [0.1, 0.15) is 5.75 Å². The van der Waals surface area contributed by atoms with Gasteiger partial charge in [-0.25, -0.2) is 12.7 Å². The highest BCUT2D eigenvalue weighted by atomic mass is 32.2. The highest BCUT2D eigenvalue weighted by Crippen LogP contribution is 2.43. The molecular formula is C22H34N2O5S. The number of amides is 1. The van der Waals surface area contributed by atoms with Gasteiger partial charge in [0.15, 0.2) is 0 Å². The number of ether oxygens (including phenoxy) is 2. The van der Waals surface area contributed by atoms with Crippen molar-refractivity contribution in [2.45, 2.75) is 39.5 Å². The molecule has 0 radical (unpaired) electrons. The lowest BCUT2D eigenvalue weighted by Gasteiger charge is -2.37. The Kier molecular flexibility index (Phi) is 7.42. The third kappa shape index (κ3) is 5.15. The summed E-state index contributed by atoms with van der Waals surface area (Å²) in [5.41, 5.74) is 0.440. The Labute approximate surface area is 180 Å². The molecule has 1 aromatic rings. The molecular weight excluding hydrogens is 404 g/mol. The maximum Gasteiger partial charge on any atom is 0.233 e. The minimum Gasteiger partial charge on any atom is -0.494 e. The van der Waals surface area contributed by atoms with E-state index in [4.69, 9.17) is 9.47 Å². The number of carbonyl (C=O) groups is 1. The van der Waals surface area contributed by atoms with Crippen LogP contribution in [0.15, 0.2) is 24.3 Å². The second-order valence-electron chi connectivity index (χ2n) is 8.75. The fraction of sp³-hybridized carbons (Fsp3) is 0.682. The maximum absolute atomic E-state index is 13.3. The molecule has 0 atom stereocenters. The maximum atomic E-state index is 13.3. The first-order chi connectivity index (χ1) is 14.3. The average Bonchev–Trinajstić information content (AvgIpc) is 3.01. The Morgan fingerprint density at radius 2 is 1.67 bits per heavy atom. The largest absolute Gasteiger partial charge is 0.494 e. The normalized spacial score (nSPS) is 19.7. The molecule has 0 unspecified atom stereocenters. The second-order valence-corrected chi connectivity index (χ2v) is 10.8. The van der Waals surface area contributed by atoms with Crippen LogP contribution in [-0.4, -0.2) is 64.3 Å². The average molecular weight is 439 g/mol. The van der Waals surface area contributed by atoms with Gasteiger partial charge in [0.25, 0.3) is 0 Å². The highest BCUT2D eigenvalue weighted by Gasteiger charge is 2.49. The Morgan fingerprint density at radius 1 is 1.03 bits per heavy atom. The molecule has 1 aromatic carbocycles. The summed E-state index contributed by atoms with van der Waals surface area (Å²) in [4.78, 5) is 15.1. The van der Waals surface area contributed by atoms with E-state index in [0.29, 0.717) is 45.7 Å². The lowest BCUT2D eigenvalue weighted by molar-refractivity contribution is -0.127. The van der Waals surface area contributed by atoms with E-state index in [1.54, 1.807) is 11.4 Å². The van der Waals surface area contributed by atoms with Crippen LogP contribution in [0.2, 0.25) is 0 Å². The molecule has 3 rings (SSSR count). The fourth-order valence-corrected chi connectivity index (χ4v) is 6.16. The standard InChI is InChI=1S/C22H34N2O5S/c1-18(2)17-30(26,27)23-12-9-22(10-13-23)11-14-24(21(22)25)19-5-7-20(8-6-19)29-16-4-15-28-3/h5-8,18H,4,9-17H2,1-3H3. The van der Waals surface area contributed by atoms with E-state index in [1.807, 2.05) is 43.0 Å². The van der Waals surface area contributed by atoms with Crippen molar-refractivity contribution >= 4 is 21.6 Å². The molecule has 2 aliphatic heterocycles. The molecule has 2 saturated heterocycles.